The van der Waals surface area contributed by atoms with Crippen molar-refractivity contribution < 1.29 is 14.8 Å². The van der Waals surface area contributed by atoms with Crippen LogP contribution in [-0.4, -0.2) is 39.5 Å². The number of β-amino-alcohol motifs (C(OH)–C–C–N with tert-alkyl or cyclic N) is 1. The lowest BCUT2D eigenvalue weighted by molar-refractivity contribution is -0.385. The second kappa shape index (κ2) is 5.20. The summed E-state index contributed by atoms with van der Waals surface area (Å²) in [6.07, 6.45) is 1.13. The number of amides is 1. The zero-order valence-corrected chi connectivity index (χ0v) is 11.6. The molecule has 0 spiro atoms. The molecule has 0 radical (unpaired) electrons. The third-order valence-corrected chi connectivity index (χ3v) is 3.83. The molecular weight excluding hydrogens is 260 g/mol. The van der Waals surface area contributed by atoms with E-state index in [1.54, 1.807) is 12.1 Å². The number of aliphatic hydroxyl groups is 1. The van der Waals surface area contributed by atoms with Crippen LogP contribution >= 0.6 is 0 Å². The molecule has 1 aromatic carbocycles. The van der Waals surface area contributed by atoms with Crippen LogP contribution in [0.15, 0.2) is 18.2 Å². The van der Waals surface area contributed by atoms with E-state index in [9.17, 15) is 20.0 Å². The molecule has 2 rings (SSSR count). The van der Waals surface area contributed by atoms with E-state index in [-0.39, 0.29) is 24.7 Å². The number of aryl methyl sites for hydroxylation is 1. The van der Waals surface area contributed by atoms with Crippen molar-refractivity contribution in [3.05, 3.63) is 39.4 Å². The molecule has 0 aromatic heterocycles. The molecule has 1 saturated heterocycles. The molecule has 1 amide bonds. The molecule has 6 nitrogen and oxygen atoms in total. The summed E-state index contributed by atoms with van der Waals surface area (Å²) >= 11 is 0. The molecule has 6 heteroatoms. The Bertz CT molecular complexity index is 550. The van der Waals surface area contributed by atoms with E-state index in [2.05, 4.69) is 0 Å². The van der Waals surface area contributed by atoms with Crippen molar-refractivity contribution in [1.29, 1.82) is 0 Å². The highest BCUT2D eigenvalue weighted by Gasteiger charge is 2.42. The van der Waals surface area contributed by atoms with Gasteiger partial charge in [0.05, 0.1) is 23.6 Å². The number of hydrogen-bond acceptors (Lipinski definition) is 4. The first kappa shape index (κ1) is 14.5. The minimum absolute atomic E-state index is 0.0235. The van der Waals surface area contributed by atoms with E-state index < -0.39 is 10.5 Å². The molecule has 1 fully saturated rings. The predicted molar refractivity (Wildman–Crippen MR) is 73.6 cm³/mol. The van der Waals surface area contributed by atoms with Crippen LogP contribution in [0.3, 0.4) is 0 Å². The first-order chi connectivity index (χ1) is 9.40. The van der Waals surface area contributed by atoms with Crippen molar-refractivity contribution in [1.82, 2.24) is 4.90 Å². The average molecular weight is 278 g/mol. The van der Waals surface area contributed by atoms with Crippen LogP contribution in [-0.2, 0) is 6.42 Å². The van der Waals surface area contributed by atoms with Gasteiger partial charge in [0, 0.05) is 17.2 Å². The van der Waals surface area contributed by atoms with Gasteiger partial charge in [0.1, 0.15) is 0 Å². The first-order valence-corrected chi connectivity index (χ1v) is 6.69. The molecule has 0 aliphatic carbocycles. The summed E-state index contributed by atoms with van der Waals surface area (Å²) in [6, 6.07) is 4.55. The fraction of sp³-hybridized carbons (Fsp3) is 0.500. The standard InChI is InChI=1S/C14H18N2O4/c1-3-10-5-6-11(7-12(10)16(19)20)13(17)15-8-14(18,4-2)9-15/h5-7,18H,3-4,8-9H2,1-2H3. The second-order valence-electron chi connectivity index (χ2n) is 5.19. The molecule has 20 heavy (non-hydrogen) atoms. The number of hydrogen-bond donors (Lipinski definition) is 1. The van der Waals surface area contributed by atoms with E-state index >= 15 is 0 Å². The van der Waals surface area contributed by atoms with E-state index in [0.717, 1.165) is 0 Å². The van der Waals surface area contributed by atoms with E-state index in [4.69, 9.17) is 0 Å². The van der Waals surface area contributed by atoms with E-state index in [0.29, 0.717) is 24.0 Å². The molecule has 1 aliphatic rings. The third-order valence-electron chi connectivity index (χ3n) is 3.83. The van der Waals surface area contributed by atoms with Gasteiger partial charge in [0.2, 0.25) is 0 Å². The fourth-order valence-corrected chi connectivity index (χ4v) is 2.38. The molecule has 0 unspecified atom stereocenters. The Morgan fingerprint density at radius 1 is 1.45 bits per heavy atom. The Hall–Kier alpha value is -1.95. The van der Waals surface area contributed by atoms with Gasteiger partial charge in [-0.15, -0.1) is 0 Å². The van der Waals surface area contributed by atoms with Gasteiger partial charge in [-0.25, -0.2) is 0 Å². The molecule has 0 saturated carbocycles. The average Bonchev–Trinajstić information content (AvgIpc) is 2.42. The maximum atomic E-state index is 12.2. The molecule has 1 aromatic rings. The summed E-state index contributed by atoms with van der Waals surface area (Å²) in [5, 5.41) is 20.9. The molecule has 1 heterocycles. The summed E-state index contributed by atoms with van der Waals surface area (Å²) in [4.78, 5) is 24.2. The Labute approximate surface area is 117 Å². The summed E-state index contributed by atoms with van der Waals surface area (Å²) in [5.41, 5.74) is 0.0854. The smallest absolute Gasteiger partial charge is 0.273 e. The number of carbonyl (C=O) groups excluding carboxylic acids is 1. The number of nitro groups is 1. The minimum Gasteiger partial charge on any atom is -0.386 e. The van der Waals surface area contributed by atoms with Crippen molar-refractivity contribution >= 4 is 11.6 Å². The Balaban J connectivity index is 2.20. The highest BCUT2D eigenvalue weighted by molar-refractivity contribution is 5.95. The summed E-state index contributed by atoms with van der Waals surface area (Å²) in [6.45, 7) is 4.26. The van der Waals surface area contributed by atoms with Gasteiger partial charge in [-0.2, -0.15) is 0 Å². The number of rotatable bonds is 4. The van der Waals surface area contributed by atoms with Gasteiger partial charge in [-0.1, -0.05) is 19.9 Å². The summed E-state index contributed by atoms with van der Waals surface area (Å²) in [7, 11) is 0. The topological polar surface area (TPSA) is 83.7 Å². The van der Waals surface area contributed by atoms with Crippen molar-refractivity contribution in [3.8, 4) is 0 Å². The zero-order valence-electron chi connectivity index (χ0n) is 11.6. The largest absolute Gasteiger partial charge is 0.386 e. The van der Waals surface area contributed by atoms with Gasteiger partial charge in [0.15, 0.2) is 0 Å². The lowest BCUT2D eigenvalue weighted by atomic mass is 9.90. The molecule has 1 aliphatic heterocycles. The van der Waals surface area contributed by atoms with Crippen LogP contribution in [0.5, 0.6) is 0 Å². The van der Waals surface area contributed by atoms with Gasteiger partial charge in [-0.3, -0.25) is 14.9 Å². The van der Waals surface area contributed by atoms with Gasteiger partial charge < -0.3 is 10.0 Å². The van der Waals surface area contributed by atoms with Crippen LogP contribution in [0.4, 0.5) is 5.69 Å². The van der Waals surface area contributed by atoms with E-state index in [1.807, 2.05) is 13.8 Å². The maximum Gasteiger partial charge on any atom is 0.273 e. The molecular formula is C14H18N2O4. The van der Waals surface area contributed by atoms with Gasteiger partial charge >= 0.3 is 0 Å². The van der Waals surface area contributed by atoms with Crippen LogP contribution in [0.2, 0.25) is 0 Å². The highest BCUT2D eigenvalue weighted by Crippen LogP contribution is 2.27. The lowest BCUT2D eigenvalue weighted by Crippen LogP contribution is -2.63. The number of likely N-dealkylation sites (tertiary alicyclic amines) is 1. The van der Waals surface area contributed by atoms with Gasteiger partial charge in [-0.05, 0) is 18.9 Å². The van der Waals surface area contributed by atoms with Crippen LogP contribution in [0.1, 0.15) is 36.2 Å². The van der Waals surface area contributed by atoms with Crippen molar-refractivity contribution in [2.45, 2.75) is 32.3 Å². The van der Waals surface area contributed by atoms with Crippen molar-refractivity contribution in [2.24, 2.45) is 0 Å². The van der Waals surface area contributed by atoms with Crippen LogP contribution < -0.4 is 0 Å². The Morgan fingerprint density at radius 3 is 2.60 bits per heavy atom. The van der Waals surface area contributed by atoms with E-state index in [1.165, 1.54) is 11.0 Å². The molecule has 0 atom stereocenters. The Kier molecular flexibility index (Phi) is 3.76. The fourth-order valence-electron chi connectivity index (χ4n) is 2.38. The second-order valence-corrected chi connectivity index (χ2v) is 5.19. The minimum atomic E-state index is -0.801. The molecule has 1 N–H and O–H groups in total. The third kappa shape index (κ3) is 2.51. The predicted octanol–water partition coefficient (Wildman–Crippen LogP) is 1.75. The molecule has 108 valence electrons. The Morgan fingerprint density at radius 2 is 2.10 bits per heavy atom. The van der Waals surface area contributed by atoms with Gasteiger partial charge in [0.25, 0.3) is 11.6 Å². The van der Waals surface area contributed by atoms with Crippen molar-refractivity contribution in [3.63, 3.8) is 0 Å². The number of nitrogens with zero attached hydrogens (tertiary/aromatic N) is 2. The maximum absolute atomic E-state index is 12.2. The summed E-state index contributed by atoms with van der Waals surface area (Å²) in [5.74, 6) is -0.270. The monoisotopic (exact) mass is 278 g/mol. The zero-order chi connectivity index (χ0) is 14.9. The number of carbonyl (C=O) groups is 1. The highest BCUT2D eigenvalue weighted by atomic mass is 16.6. The number of benzene rings is 1. The summed E-state index contributed by atoms with van der Waals surface area (Å²) < 4.78 is 0. The van der Waals surface area contributed by atoms with Crippen molar-refractivity contribution in [2.75, 3.05) is 13.1 Å². The van der Waals surface area contributed by atoms with Crippen LogP contribution in [0, 0.1) is 10.1 Å². The lowest BCUT2D eigenvalue weighted by Gasteiger charge is -2.46. The number of nitro benzene ring substituents is 1. The molecule has 0 bridgehead atoms. The van der Waals surface area contributed by atoms with Crippen LogP contribution in [0.25, 0.3) is 0 Å². The first-order valence-electron chi connectivity index (χ1n) is 6.69. The SMILES string of the molecule is CCc1ccc(C(=O)N2CC(O)(CC)C2)cc1[N+](=O)[O-]. The quantitative estimate of drug-likeness (QED) is 0.671. The normalized spacial score (nSPS) is 16.6.